The molecule has 0 fully saturated rings. The van der Waals surface area contributed by atoms with E-state index in [9.17, 15) is 8.42 Å². The normalized spacial score (nSPS) is 11.8. The minimum Gasteiger partial charge on any atom is -0.380 e. The maximum absolute atomic E-state index is 12.1. The van der Waals surface area contributed by atoms with Gasteiger partial charge in [-0.15, -0.1) is 0 Å². The van der Waals surface area contributed by atoms with E-state index >= 15 is 0 Å². The number of nitrogens with one attached hydrogen (secondary N) is 2. The van der Waals surface area contributed by atoms with E-state index in [0.717, 1.165) is 18.5 Å². The first-order valence-electron chi connectivity index (χ1n) is 7.07. The van der Waals surface area contributed by atoms with Crippen LogP contribution in [0.5, 0.6) is 0 Å². The molecule has 21 heavy (non-hydrogen) atoms. The molecule has 0 radical (unpaired) electrons. The molecule has 1 rings (SSSR count). The Morgan fingerprint density at radius 1 is 1.24 bits per heavy atom. The Labute approximate surface area is 132 Å². The van der Waals surface area contributed by atoms with Crippen molar-refractivity contribution in [1.29, 1.82) is 0 Å². The van der Waals surface area contributed by atoms with Gasteiger partial charge in [0.05, 0.1) is 11.5 Å². The maximum atomic E-state index is 12.1. The van der Waals surface area contributed by atoms with Crippen LogP contribution in [0.15, 0.2) is 23.1 Å². The van der Waals surface area contributed by atoms with Crippen molar-refractivity contribution in [3.8, 4) is 0 Å². The number of hydrogen-bond donors (Lipinski definition) is 2. The molecule has 0 unspecified atom stereocenters. The predicted octanol–water partition coefficient (Wildman–Crippen LogP) is 2.15. The van der Waals surface area contributed by atoms with Crippen molar-refractivity contribution in [2.24, 2.45) is 0 Å². The molecule has 0 bridgehead atoms. The van der Waals surface area contributed by atoms with E-state index < -0.39 is 10.0 Å². The van der Waals surface area contributed by atoms with Crippen LogP contribution in [0.3, 0.4) is 0 Å². The van der Waals surface area contributed by atoms with Gasteiger partial charge in [-0.05, 0) is 37.6 Å². The maximum Gasteiger partial charge on any atom is 0.240 e. The van der Waals surface area contributed by atoms with Crippen molar-refractivity contribution in [3.05, 3.63) is 28.8 Å². The van der Waals surface area contributed by atoms with Gasteiger partial charge in [-0.2, -0.15) is 0 Å². The molecule has 1 aromatic carbocycles. The van der Waals surface area contributed by atoms with Crippen LogP contribution in [0.2, 0.25) is 5.02 Å². The molecule has 0 spiro atoms. The first-order chi connectivity index (χ1) is 10.0. The van der Waals surface area contributed by atoms with Crippen LogP contribution in [-0.2, 0) is 21.3 Å². The standard InChI is InChI=1S/C14H23ClN2O3S/c1-3-7-16-11-12-5-6-13(10-14(12)15)21(18,19)17-8-9-20-4-2/h5-6,10,16-17H,3-4,7-9,11H2,1-2H3. The molecular formula is C14H23ClN2O3S. The zero-order valence-electron chi connectivity index (χ0n) is 12.5. The van der Waals surface area contributed by atoms with Gasteiger partial charge in [-0.25, -0.2) is 13.1 Å². The van der Waals surface area contributed by atoms with E-state index in [-0.39, 0.29) is 11.4 Å². The van der Waals surface area contributed by atoms with Crippen LogP contribution in [0.4, 0.5) is 0 Å². The molecule has 0 amide bonds. The molecule has 0 saturated heterocycles. The van der Waals surface area contributed by atoms with Crippen LogP contribution in [0, 0.1) is 0 Å². The first kappa shape index (κ1) is 18.4. The van der Waals surface area contributed by atoms with Crippen LogP contribution >= 0.6 is 11.6 Å². The summed E-state index contributed by atoms with van der Waals surface area (Å²) in [5, 5.41) is 3.68. The predicted molar refractivity (Wildman–Crippen MR) is 85.1 cm³/mol. The highest BCUT2D eigenvalue weighted by Gasteiger charge is 2.15. The van der Waals surface area contributed by atoms with Gasteiger partial charge in [0.25, 0.3) is 0 Å². The van der Waals surface area contributed by atoms with Gasteiger partial charge in [0.1, 0.15) is 0 Å². The molecular weight excluding hydrogens is 312 g/mol. The fraction of sp³-hybridized carbons (Fsp3) is 0.571. The van der Waals surface area contributed by atoms with Gasteiger partial charge in [0, 0.05) is 24.7 Å². The van der Waals surface area contributed by atoms with Gasteiger partial charge < -0.3 is 10.1 Å². The lowest BCUT2D eigenvalue weighted by molar-refractivity contribution is 0.153. The van der Waals surface area contributed by atoms with Gasteiger partial charge in [-0.1, -0.05) is 24.6 Å². The Morgan fingerprint density at radius 3 is 2.62 bits per heavy atom. The SMILES string of the molecule is CCCNCc1ccc(S(=O)(=O)NCCOCC)cc1Cl. The fourth-order valence-corrected chi connectivity index (χ4v) is 3.07. The average Bonchev–Trinajstić information content (AvgIpc) is 2.45. The Balaban J connectivity index is 2.68. The van der Waals surface area contributed by atoms with E-state index in [2.05, 4.69) is 17.0 Å². The number of rotatable bonds is 10. The summed E-state index contributed by atoms with van der Waals surface area (Å²) in [7, 11) is -3.54. The average molecular weight is 335 g/mol. The second kappa shape index (κ2) is 9.38. The Morgan fingerprint density at radius 2 is 2.00 bits per heavy atom. The molecule has 120 valence electrons. The van der Waals surface area contributed by atoms with Gasteiger partial charge >= 0.3 is 0 Å². The third kappa shape index (κ3) is 6.32. The monoisotopic (exact) mass is 334 g/mol. The Bertz CT molecular complexity index is 535. The summed E-state index contributed by atoms with van der Waals surface area (Å²) >= 11 is 6.14. The van der Waals surface area contributed by atoms with Gasteiger partial charge in [0.15, 0.2) is 0 Å². The topological polar surface area (TPSA) is 67.4 Å². The number of sulfonamides is 1. The molecule has 0 aliphatic carbocycles. The minimum absolute atomic E-state index is 0.170. The van der Waals surface area contributed by atoms with E-state index in [1.807, 2.05) is 6.92 Å². The number of halogens is 1. The van der Waals surface area contributed by atoms with Crippen LogP contribution in [-0.4, -0.2) is 34.7 Å². The molecule has 0 aliphatic heterocycles. The lowest BCUT2D eigenvalue weighted by Crippen LogP contribution is -2.27. The zero-order chi connectivity index (χ0) is 15.7. The summed E-state index contributed by atoms with van der Waals surface area (Å²) in [6, 6.07) is 4.79. The molecule has 2 N–H and O–H groups in total. The molecule has 0 saturated carbocycles. The second-order valence-corrected chi connectivity index (χ2v) is 6.70. The first-order valence-corrected chi connectivity index (χ1v) is 8.94. The van der Waals surface area contributed by atoms with Gasteiger partial charge in [0.2, 0.25) is 10.0 Å². The third-order valence-corrected chi connectivity index (χ3v) is 4.63. The van der Waals surface area contributed by atoms with Crippen molar-refractivity contribution in [2.75, 3.05) is 26.3 Å². The molecule has 0 atom stereocenters. The zero-order valence-corrected chi connectivity index (χ0v) is 14.1. The number of benzene rings is 1. The lowest BCUT2D eigenvalue weighted by atomic mass is 10.2. The van der Waals surface area contributed by atoms with Crippen molar-refractivity contribution in [3.63, 3.8) is 0 Å². The number of ether oxygens (including phenoxy) is 1. The minimum atomic E-state index is -3.54. The van der Waals surface area contributed by atoms with Gasteiger partial charge in [-0.3, -0.25) is 0 Å². The fourth-order valence-electron chi connectivity index (χ4n) is 1.71. The van der Waals surface area contributed by atoms with Crippen molar-refractivity contribution in [1.82, 2.24) is 10.0 Å². The number of hydrogen-bond acceptors (Lipinski definition) is 4. The highest BCUT2D eigenvalue weighted by molar-refractivity contribution is 7.89. The summed E-state index contributed by atoms with van der Waals surface area (Å²) in [4.78, 5) is 0.170. The third-order valence-electron chi connectivity index (χ3n) is 2.82. The Kier molecular flexibility index (Phi) is 8.21. The van der Waals surface area contributed by atoms with Crippen molar-refractivity contribution < 1.29 is 13.2 Å². The molecule has 0 heterocycles. The van der Waals surface area contributed by atoms with E-state index in [1.54, 1.807) is 12.1 Å². The summed E-state index contributed by atoms with van der Waals surface area (Å²) < 4.78 is 31.7. The van der Waals surface area contributed by atoms with Crippen LogP contribution < -0.4 is 10.0 Å². The van der Waals surface area contributed by atoms with Crippen molar-refractivity contribution in [2.45, 2.75) is 31.7 Å². The van der Waals surface area contributed by atoms with Crippen LogP contribution in [0.25, 0.3) is 0 Å². The highest BCUT2D eigenvalue weighted by Crippen LogP contribution is 2.20. The van der Waals surface area contributed by atoms with Crippen molar-refractivity contribution >= 4 is 21.6 Å². The van der Waals surface area contributed by atoms with Crippen LogP contribution in [0.1, 0.15) is 25.8 Å². The van der Waals surface area contributed by atoms with E-state index in [1.165, 1.54) is 6.07 Å². The van der Waals surface area contributed by atoms with E-state index in [0.29, 0.717) is 24.8 Å². The molecule has 0 aromatic heterocycles. The largest absolute Gasteiger partial charge is 0.380 e. The molecule has 7 heteroatoms. The lowest BCUT2D eigenvalue weighted by Gasteiger charge is -2.10. The summed E-state index contributed by atoms with van der Waals surface area (Å²) in [5.74, 6) is 0. The second-order valence-electron chi connectivity index (χ2n) is 4.52. The summed E-state index contributed by atoms with van der Waals surface area (Å²) in [6.45, 7) is 6.63. The summed E-state index contributed by atoms with van der Waals surface area (Å²) in [5.41, 5.74) is 0.887. The highest BCUT2D eigenvalue weighted by atomic mass is 35.5. The smallest absolute Gasteiger partial charge is 0.240 e. The van der Waals surface area contributed by atoms with E-state index in [4.69, 9.17) is 16.3 Å². The summed E-state index contributed by atoms with van der Waals surface area (Å²) in [6.07, 6.45) is 1.04. The molecule has 0 aliphatic rings. The molecule has 1 aromatic rings. The quantitative estimate of drug-likeness (QED) is 0.643. The molecule has 5 nitrogen and oxygen atoms in total. The Hall–Kier alpha value is -0.660.